The fourth-order valence-electron chi connectivity index (χ4n) is 1.31. The van der Waals surface area contributed by atoms with Crippen LogP contribution in [0.5, 0.6) is 5.75 Å². The Bertz CT molecular complexity index is 340. The minimum atomic E-state index is 0.0529. The summed E-state index contributed by atoms with van der Waals surface area (Å²) >= 11 is 0. The van der Waals surface area contributed by atoms with Crippen molar-refractivity contribution in [1.82, 2.24) is 10.6 Å². The van der Waals surface area contributed by atoms with Crippen molar-refractivity contribution in [3.8, 4) is 5.75 Å². The van der Waals surface area contributed by atoms with Gasteiger partial charge >= 0.3 is 0 Å². The van der Waals surface area contributed by atoms with Gasteiger partial charge in [-0.1, -0.05) is 12.1 Å². The van der Waals surface area contributed by atoms with Gasteiger partial charge in [-0.15, -0.1) is 0 Å². The normalized spacial score (nSPS) is 9.88. The summed E-state index contributed by atoms with van der Waals surface area (Å²) < 4.78 is 5.10. The fraction of sp³-hybridized carbons (Fsp3) is 0.417. The predicted molar refractivity (Wildman–Crippen MR) is 63.4 cm³/mol. The van der Waals surface area contributed by atoms with Gasteiger partial charge in [-0.3, -0.25) is 4.79 Å². The van der Waals surface area contributed by atoms with Crippen LogP contribution in [0.3, 0.4) is 0 Å². The van der Waals surface area contributed by atoms with Crippen molar-refractivity contribution >= 4 is 5.91 Å². The first kappa shape index (κ1) is 12.5. The SMILES string of the molecule is CNCCC(=O)NCc1cccc(OC)c1. The summed E-state index contributed by atoms with van der Waals surface area (Å²) in [6, 6.07) is 7.67. The Morgan fingerprint density at radius 2 is 2.25 bits per heavy atom. The number of benzene rings is 1. The second kappa shape index (κ2) is 6.85. The van der Waals surface area contributed by atoms with Crippen molar-refractivity contribution in [3.63, 3.8) is 0 Å². The van der Waals surface area contributed by atoms with Crippen LogP contribution in [-0.2, 0) is 11.3 Å². The highest BCUT2D eigenvalue weighted by molar-refractivity contribution is 5.76. The van der Waals surface area contributed by atoms with E-state index >= 15 is 0 Å². The Morgan fingerprint density at radius 3 is 2.94 bits per heavy atom. The fourth-order valence-corrected chi connectivity index (χ4v) is 1.31. The number of methoxy groups -OCH3 is 1. The molecule has 4 heteroatoms. The molecule has 4 nitrogen and oxygen atoms in total. The number of carbonyl (C=O) groups is 1. The highest BCUT2D eigenvalue weighted by Crippen LogP contribution is 2.11. The molecule has 0 aliphatic heterocycles. The maximum Gasteiger partial charge on any atom is 0.221 e. The van der Waals surface area contributed by atoms with Crippen LogP contribution in [0.1, 0.15) is 12.0 Å². The van der Waals surface area contributed by atoms with E-state index in [0.29, 0.717) is 19.5 Å². The molecule has 0 aromatic heterocycles. The predicted octanol–water partition coefficient (Wildman–Crippen LogP) is 0.921. The summed E-state index contributed by atoms with van der Waals surface area (Å²) in [4.78, 5) is 11.3. The second-order valence-corrected chi connectivity index (χ2v) is 3.48. The van der Waals surface area contributed by atoms with Gasteiger partial charge in [0, 0.05) is 19.5 Å². The summed E-state index contributed by atoms with van der Waals surface area (Å²) in [5.74, 6) is 0.860. The smallest absolute Gasteiger partial charge is 0.221 e. The van der Waals surface area contributed by atoms with E-state index in [1.165, 1.54) is 0 Å². The average Bonchev–Trinajstić information content (AvgIpc) is 2.34. The third-order valence-corrected chi connectivity index (χ3v) is 2.23. The van der Waals surface area contributed by atoms with Crippen LogP contribution in [0, 0.1) is 0 Å². The van der Waals surface area contributed by atoms with E-state index in [1.807, 2.05) is 31.3 Å². The molecule has 0 saturated heterocycles. The average molecular weight is 222 g/mol. The first-order chi connectivity index (χ1) is 7.76. The van der Waals surface area contributed by atoms with E-state index in [4.69, 9.17) is 4.74 Å². The lowest BCUT2D eigenvalue weighted by atomic mass is 10.2. The second-order valence-electron chi connectivity index (χ2n) is 3.48. The Morgan fingerprint density at radius 1 is 1.44 bits per heavy atom. The maximum absolute atomic E-state index is 11.3. The van der Waals surface area contributed by atoms with E-state index in [-0.39, 0.29) is 5.91 Å². The molecule has 0 spiro atoms. The summed E-state index contributed by atoms with van der Waals surface area (Å²) in [5.41, 5.74) is 1.04. The lowest BCUT2D eigenvalue weighted by Crippen LogP contribution is -2.26. The van der Waals surface area contributed by atoms with E-state index in [2.05, 4.69) is 10.6 Å². The summed E-state index contributed by atoms with van der Waals surface area (Å²) in [6.07, 6.45) is 0.500. The Labute approximate surface area is 96.0 Å². The number of rotatable bonds is 6. The van der Waals surface area contributed by atoms with Gasteiger partial charge < -0.3 is 15.4 Å². The minimum Gasteiger partial charge on any atom is -0.497 e. The van der Waals surface area contributed by atoms with Crippen LogP contribution in [0.2, 0.25) is 0 Å². The lowest BCUT2D eigenvalue weighted by molar-refractivity contribution is -0.121. The van der Waals surface area contributed by atoms with Crippen molar-refractivity contribution < 1.29 is 9.53 Å². The van der Waals surface area contributed by atoms with Crippen LogP contribution in [0.15, 0.2) is 24.3 Å². The molecule has 0 unspecified atom stereocenters. The van der Waals surface area contributed by atoms with Gasteiger partial charge in [0.2, 0.25) is 5.91 Å². The number of hydrogen-bond donors (Lipinski definition) is 2. The molecule has 2 N–H and O–H groups in total. The van der Waals surface area contributed by atoms with Crippen LogP contribution in [0.4, 0.5) is 0 Å². The largest absolute Gasteiger partial charge is 0.497 e. The summed E-state index contributed by atoms with van der Waals surface area (Å²) in [7, 11) is 3.46. The molecule has 0 atom stereocenters. The monoisotopic (exact) mass is 222 g/mol. The third kappa shape index (κ3) is 4.31. The van der Waals surface area contributed by atoms with Gasteiger partial charge in [-0.2, -0.15) is 0 Å². The van der Waals surface area contributed by atoms with Crippen molar-refractivity contribution in [2.45, 2.75) is 13.0 Å². The highest BCUT2D eigenvalue weighted by atomic mass is 16.5. The third-order valence-electron chi connectivity index (χ3n) is 2.23. The van der Waals surface area contributed by atoms with Crippen LogP contribution < -0.4 is 15.4 Å². The molecule has 0 bridgehead atoms. The number of carbonyl (C=O) groups excluding carboxylic acids is 1. The van der Waals surface area contributed by atoms with Crippen molar-refractivity contribution in [1.29, 1.82) is 0 Å². The molecule has 0 fully saturated rings. The van der Waals surface area contributed by atoms with Crippen LogP contribution >= 0.6 is 0 Å². The molecule has 0 aliphatic rings. The standard InChI is InChI=1S/C12H18N2O2/c1-13-7-6-12(15)14-9-10-4-3-5-11(8-10)16-2/h3-5,8,13H,6-7,9H2,1-2H3,(H,14,15). The molecular weight excluding hydrogens is 204 g/mol. The van der Waals surface area contributed by atoms with Crippen molar-refractivity contribution in [3.05, 3.63) is 29.8 Å². The number of nitrogens with one attached hydrogen (secondary N) is 2. The van der Waals surface area contributed by atoms with Crippen molar-refractivity contribution in [2.24, 2.45) is 0 Å². The zero-order chi connectivity index (χ0) is 11.8. The zero-order valence-corrected chi connectivity index (χ0v) is 9.75. The zero-order valence-electron chi connectivity index (χ0n) is 9.75. The molecule has 0 radical (unpaired) electrons. The lowest BCUT2D eigenvalue weighted by Gasteiger charge is -2.06. The first-order valence-corrected chi connectivity index (χ1v) is 5.30. The molecule has 0 aliphatic carbocycles. The Balaban J connectivity index is 2.38. The van der Waals surface area contributed by atoms with E-state index in [0.717, 1.165) is 11.3 Å². The minimum absolute atomic E-state index is 0.0529. The van der Waals surface area contributed by atoms with Gasteiger partial charge in [-0.05, 0) is 24.7 Å². The summed E-state index contributed by atoms with van der Waals surface area (Å²) in [6.45, 7) is 1.24. The van der Waals surface area contributed by atoms with Gasteiger partial charge in [0.1, 0.15) is 5.75 Å². The number of hydrogen-bond acceptors (Lipinski definition) is 3. The Hall–Kier alpha value is -1.55. The van der Waals surface area contributed by atoms with Gasteiger partial charge in [0.05, 0.1) is 7.11 Å². The molecule has 88 valence electrons. The molecule has 0 saturated carbocycles. The van der Waals surface area contributed by atoms with Crippen LogP contribution in [-0.4, -0.2) is 26.6 Å². The van der Waals surface area contributed by atoms with E-state index in [9.17, 15) is 4.79 Å². The van der Waals surface area contributed by atoms with Crippen LogP contribution in [0.25, 0.3) is 0 Å². The van der Waals surface area contributed by atoms with E-state index < -0.39 is 0 Å². The van der Waals surface area contributed by atoms with E-state index in [1.54, 1.807) is 7.11 Å². The molecule has 16 heavy (non-hydrogen) atoms. The van der Waals surface area contributed by atoms with Gasteiger partial charge in [-0.25, -0.2) is 0 Å². The molecule has 1 amide bonds. The quantitative estimate of drug-likeness (QED) is 0.752. The Kier molecular flexibility index (Phi) is 5.36. The summed E-state index contributed by atoms with van der Waals surface area (Å²) in [5, 5.41) is 5.78. The topological polar surface area (TPSA) is 50.4 Å². The first-order valence-electron chi connectivity index (χ1n) is 5.30. The number of amides is 1. The van der Waals surface area contributed by atoms with Gasteiger partial charge in [0.25, 0.3) is 0 Å². The van der Waals surface area contributed by atoms with Gasteiger partial charge in [0.15, 0.2) is 0 Å². The highest BCUT2D eigenvalue weighted by Gasteiger charge is 2.00. The molecule has 1 aromatic rings. The molecular formula is C12H18N2O2. The molecule has 1 aromatic carbocycles. The molecule has 0 heterocycles. The maximum atomic E-state index is 11.3. The molecule has 1 rings (SSSR count). The number of ether oxygens (including phenoxy) is 1. The van der Waals surface area contributed by atoms with Crippen molar-refractivity contribution in [2.75, 3.05) is 20.7 Å².